The fourth-order valence-corrected chi connectivity index (χ4v) is 2.84. The lowest BCUT2D eigenvalue weighted by molar-refractivity contribution is 0.494. The van der Waals surface area contributed by atoms with E-state index in [4.69, 9.17) is 0 Å². The highest BCUT2D eigenvalue weighted by Crippen LogP contribution is 2.23. The molecule has 1 atom stereocenters. The molecule has 1 heterocycles. The minimum absolute atomic E-state index is 0.441. The van der Waals surface area contributed by atoms with Crippen molar-refractivity contribution < 1.29 is 0 Å². The molecule has 1 N–H and O–H groups in total. The number of hydrogen-bond donors (Lipinski definition) is 1. The average molecular weight is 282 g/mol. The van der Waals surface area contributed by atoms with Gasteiger partial charge in [-0.2, -0.15) is 0 Å². The molecule has 0 saturated carbocycles. The molecular formula is C19H26N2. The summed E-state index contributed by atoms with van der Waals surface area (Å²) in [7, 11) is 0. The highest BCUT2D eigenvalue weighted by atomic mass is 14.9. The minimum Gasteiger partial charge on any atom is -0.310 e. The molecule has 2 nitrogen and oxygen atoms in total. The van der Waals surface area contributed by atoms with Gasteiger partial charge in [-0.3, -0.25) is 4.98 Å². The number of nitrogens with one attached hydrogen (secondary N) is 1. The fraction of sp³-hybridized carbons (Fsp3) is 0.421. The van der Waals surface area contributed by atoms with Crippen LogP contribution in [0, 0.1) is 0 Å². The molecule has 21 heavy (non-hydrogen) atoms. The van der Waals surface area contributed by atoms with Gasteiger partial charge in [-0.15, -0.1) is 0 Å². The van der Waals surface area contributed by atoms with Crippen LogP contribution in [-0.4, -0.2) is 11.5 Å². The van der Waals surface area contributed by atoms with Crippen molar-refractivity contribution in [2.45, 2.75) is 45.6 Å². The van der Waals surface area contributed by atoms with Gasteiger partial charge in [-0.1, -0.05) is 44.2 Å². The maximum atomic E-state index is 4.26. The molecule has 1 aromatic carbocycles. The smallest absolute Gasteiger partial charge is 0.0324 e. The second kappa shape index (κ2) is 8.58. The van der Waals surface area contributed by atoms with E-state index < -0.39 is 0 Å². The third-order valence-corrected chi connectivity index (χ3v) is 3.95. The number of rotatable bonds is 8. The van der Waals surface area contributed by atoms with Crippen LogP contribution in [0.2, 0.25) is 0 Å². The predicted molar refractivity (Wildman–Crippen MR) is 89.4 cm³/mol. The van der Waals surface area contributed by atoms with E-state index in [1.165, 1.54) is 29.5 Å². The molecule has 0 bridgehead atoms. The Balaban J connectivity index is 1.99. The van der Waals surface area contributed by atoms with E-state index in [2.05, 4.69) is 60.5 Å². The minimum atomic E-state index is 0.441. The van der Waals surface area contributed by atoms with Crippen LogP contribution in [0.1, 0.15) is 49.4 Å². The van der Waals surface area contributed by atoms with Gasteiger partial charge in [0.2, 0.25) is 0 Å². The van der Waals surface area contributed by atoms with Crippen LogP contribution in [0.25, 0.3) is 0 Å². The van der Waals surface area contributed by atoms with Crippen LogP contribution in [0.4, 0.5) is 0 Å². The Morgan fingerprint density at radius 3 is 2.62 bits per heavy atom. The van der Waals surface area contributed by atoms with Crippen molar-refractivity contribution in [3.05, 3.63) is 65.5 Å². The largest absolute Gasteiger partial charge is 0.310 e. The number of pyridine rings is 1. The van der Waals surface area contributed by atoms with Crippen molar-refractivity contribution in [3.63, 3.8) is 0 Å². The predicted octanol–water partition coefficient (Wildman–Crippen LogP) is 4.32. The summed E-state index contributed by atoms with van der Waals surface area (Å²) in [5.41, 5.74) is 4.21. The Bertz CT molecular complexity index is 522. The highest BCUT2D eigenvalue weighted by Gasteiger charge is 2.13. The molecule has 0 radical (unpaired) electrons. The molecule has 112 valence electrons. The summed E-state index contributed by atoms with van der Waals surface area (Å²) in [6.45, 7) is 5.38. The summed E-state index contributed by atoms with van der Waals surface area (Å²) in [4.78, 5) is 4.26. The maximum Gasteiger partial charge on any atom is 0.0324 e. The van der Waals surface area contributed by atoms with Crippen LogP contribution in [0.15, 0.2) is 48.8 Å². The summed E-state index contributed by atoms with van der Waals surface area (Å²) in [6, 6.07) is 13.4. The molecule has 1 aromatic heterocycles. The first-order chi connectivity index (χ1) is 10.3. The molecule has 1 unspecified atom stereocenters. The number of hydrogen-bond acceptors (Lipinski definition) is 2. The van der Waals surface area contributed by atoms with Crippen molar-refractivity contribution in [2.75, 3.05) is 6.54 Å². The number of aryl methyl sites for hydroxylation is 2. The summed E-state index contributed by atoms with van der Waals surface area (Å²) < 4.78 is 0. The summed E-state index contributed by atoms with van der Waals surface area (Å²) in [5.74, 6) is 0. The zero-order valence-corrected chi connectivity index (χ0v) is 13.2. The lowest BCUT2D eigenvalue weighted by atomic mass is 9.95. The van der Waals surface area contributed by atoms with Crippen LogP contribution < -0.4 is 5.32 Å². The van der Waals surface area contributed by atoms with Gasteiger partial charge in [0.1, 0.15) is 0 Å². The Kier molecular flexibility index (Phi) is 6.42. The standard InChI is InChI=1S/C19H26N2/c1-3-17-15-20-14-13-18(17)19(21-4-2)12-8-11-16-9-6-5-7-10-16/h5-7,9-10,13-15,19,21H,3-4,8,11-12H2,1-2H3. The molecule has 0 fully saturated rings. The molecule has 0 saturated heterocycles. The zero-order valence-electron chi connectivity index (χ0n) is 13.2. The van der Waals surface area contributed by atoms with Crippen molar-refractivity contribution >= 4 is 0 Å². The molecule has 0 aliphatic rings. The average Bonchev–Trinajstić information content (AvgIpc) is 2.55. The molecule has 0 aliphatic carbocycles. The molecule has 2 aromatic rings. The lowest BCUT2D eigenvalue weighted by Gasteiger charge is -2.21. The number of aromatic nitrogens is 1. The SMILES string of the molecule is CCNC(CCCc1ccccc1)c1ccncc1CC. The lowest BCUT2D eigenvalue weighted by Crippen LogP contribution is -2.22. The maximum absolute atomic E-state index is 4.26. The molecular weight excluding hydrogens is 256 g/mol. The van der Waals surface area contributed by atoms with E-state index >= 15 is 0 Å². The van der Waals surface area contributed by atoms with Crippen LogP contribution >= 0.6 is 0 Å². The van der Waals surface area contributed by atoms with Crippen molar-refractivity contribution in [1.29, 1.82) is 0 Å². The van der Waals surface area contributed by atoms with Gasteiger partial charge in [-0.05, 0) is 55.0 Å². The topological polar surface area (TPSA) is 24.9 Å². The van der Waals surface area contributed by atoms with Crippen LogP contribution in [0.3, 0.4) is 0 Å². The number of benzene rings is 1. The summed E-state index contributed by atoms with van der Waals surface area (Å²) in [5, 5.41) is 3.63. The van der Waals surface area contributed by atoms with Gasteiger partial charge >= 0.3 is 0 Å². The Morgan fingerprint density at radius 1 is 1.10 bits per heavy atom. The van der Waals surface area contributed by atoms with Gasteiger partial charge in [0.25, 0.3) is 0 Å². The fourth-order valence-electron chi connectivity index (χ4n) is 2.84. The van der Waals surface area contributed by atoms with Crippen molar-refractivity contribution in [1.82, 2.24) is 10.3 Å². The summed E-state index contributed by atoms with van der Waals surface area (Å²) in [6.07, 6.45) is 8.48. The summed E-state index contributed by atoms with van der Waals surface area (Å²) >= 11 is 0. The third kappa shape index (κ3) is 4.68. The zero-order chi connectivity index (χ0) is 14.9. The van der Waals surface area contributed by atoms with E-state index in [1.54, 1.807) is 0 Å². The number of nitrogens with zero attached hydrogens (tertiary/aromatic N) is 1. The second-order valence-electron chi connectivity index (χ2n) is 5.42. The van der Waals surface area contributed by atoms with E-state index in [0.29, 0.717) is 6.04 Å². The van der Waals surface area contributed by atoms with E-state index in [1.807, 2.05) is 12.4 Å². The first-order valence-electron chi connectivity index (χ1n) is 8.05. The monoisotopic (exact) mass is 282 g/mol. The van der Waals surface area contributed by atoms with Gasteiger partial charge in [-0.25, -0.2) is 0 Å². The Morgan fingerprint density at radius 2 is 1.90 bits per heavy atom. The van der Waals surface area contributed by atoms with E-state index in [9.17, 15) is 0 Å². The highest BCUT2D eigenvalue weighted by molar-refractivity contribution is 5.27. The first kappa shape index (κ1) is 15.7. The van der Waals surface area contributed by atoms with Crippen molar-refractivity contribution in [3.8, 4) is 0 Å². The molecule has 0 amide bonds. The quantitative estimate of drug-likeness (QED) is 0.780. The molecule has 2 rings (SSSR count). The van der Waals surface area contributed by atoms with Crippen LogP contribution in [-0.2, 0) is 12.8 Å². The van der Waals surface area contributed by atoms with E-state index in [-0.39, 0.29) is 0 Å². The molecule has 0 spiro atoms. The third-order valence-electron chi connectivity index (χ3n) is 3.95. The normalized spacial score (nSPS) is 12.3. The Hall–Kier alpha value is -1.67. The first-order valence-corrected chi connectivity index (χ1v) is 8.05. The van der Waals surface area contributed by atoms with E-state index in [0.717, 1.165) is 19.4 Å². The Labute approximate surface area is 128 Å². The van der Waals surface area contributed by atoms with Gasteiger partial charge in [0.05, 0.1) is 0 Å². The molecule has 0 aliphatic heterocycles. The second-order valence-corrected chi connectivity index (χ2v) is 5.42. The molecule has 2 heteroatoms. The van der Waals surface area contributed by atoms with Crippen LogP contribution in [0.5, 0.6) is 0 Å². The van der Waals surface area contributed by atoms with Gasteiger partial charge < -0.3 is 5.32 Å². The van der Waals surface area contributed by atoms with Crippen molar-refractivity contribution in [2.24, 2.45) is 0 Å². The van der Waals surface area contributed by atoms with Gasteiger partial charge in [0, 0.05) is 18.4 Å². The van der Waals surface area contributed by atoms with Gasteiger partial charge in [0.15, 0.2) is 0 Å².